The van der Waals surface area contributed by atoms with Crippen molar-refractivity contribution in [1.82, 2.24) is 0 Å². The maximum absolute atomic E-state index is 10.8. The molecule has 1 heterocycles. The number of rotatable bonds is 4. The van der Waals surface area contributed by atoms with Gasteiger partial charge in [0.05, 0.1) is 20.7 Å². The second kappa shape index (κ2) is 6.61. The van der Waals surface area contributed by atoms with Crippen molar-refractivity contribution in [3.8, 4) is 0 Å². The Balaban J connectivity index is 2.37. The molecule has 7 heteroatoms. The maximum atomic E-state index is 10.8. The first-order chi connectivity index (χ1) is 9.54. The van der Waals surface area contributed by atoms with Crippen molar-refractivity contribution >= 4 is 34.6 Å². The summed E-state index contributed by atoms with van der Waals surface area (Å²) in [7, 11) is 0. The Morgan fingerprint density at radius 2 is 2.00 bits per heavy atom. The van der Waals surface area contributed by atoms with Crippen LogP contribution in [0, 0.1) is 10.1 Å². The van der Waals surface area contributed by atoms with Gasteiger partial charge >= 0.3 is 0 Å². The number of nitrogens with zero attached hydrogens (tertiary/aromatic N) is 2. The molecule has 110 valence electrons. The molecule has 0 radical (unpaired) electrons. The summed E-state index contributed by atoms with van der Waals surface area (Å²) in [5.41, 5.74) is 6.26. The number of halogens is 2. The third-order valence-electron chi connectivity index (χ3n) is 3.63. The van der Waals surface area contributed by atoms with Crippen molar-refractivity contribution < 1.29 is 4.92 Å². The van der Waals surface area contributed by atoms with Crippen LogP contribution in [0.1, 0.15) is 25.7 Å². The van der Waals surface area contributed by atoms with E-state index in [0.717, 1.165) is 32.2 Å². The lowest BCUT2D eigenvalue weighted by Gasteiger charge is -2.38. The maximum Gasteiger partial charge on any atom is 0.272 e. The van der Waals surface area contributed by atoms with Gasteiger partial charge in [-0.1, -0.05) is 23.2 Å². The number of nitrogens with two attached hydrogens (primary N) is 1. The Kier molecular flexibility index (Phi) is 5.07. The van der Waals surface area contributed by atoms with Gasteiger partial charge in [0.15, 0.2) is 0 Å². The molecule has 1 atom stereocenters. The zero-order valence-electron chi connectivity index (χ0n) is 11.0. The van der Waals surface area contributed by atoms with Gasteiger partial charge in [-0.3, -0.25) is 10.1 Å². The first-order valence-corrected chi connectivity index (χ1v) is 7.40. The Hall–Kier alpha value is -1.04. The summed E-state index contributed by atoms with van der Waals surface area (Å²) in [6.07, 6.45) is 4.12. The van der Waals surface area contributed by atoms with Gasteiger partial charge in [0.25, 0.3) is 5.69 Å². The lowest BCUT2D eigenvalue weighted by molar-refractivity contribution is -0.384. The Morgan fingerprint density at radius 3 is 2.55 bits per heavy atom. The smallest absolute Gasteiger partial charge is 0.272 e. The molecular formula is C13H17Cl2N3O2. The van der Waals surface area contributed by atoms with Gasteiger partial charge in [0, 0.05) is 24.7 Å². The van der Waals surface area contributed by atoms with Crippen molar-refractivity contribution in [3.05, 3.63) is 32.3 Å². The van der Waals surface area contributed by atoms with Gasteiger partial charge in [-0.2, -0.15) is 0 Å². The molecule has 1 aliphatic rings. The minimum Gasteiger partial charge on any atom is -0.366 e. The fraction of sp³-hybridized carbons (Fsp3) is 0.538. The van der Waals surface area contributed by atoms with Crippen molar-refractivity contribution in [2.75, 3.05) is 18.0 Å². The molecule has 2 rings (SSSR count). The molecule has 1 aliphatic heterocycles. The van der Waals surface area contributed by atoms with Crippen LogP contribution in [0.15, 0.2) is 12.1 Å². The SMILES string of the molecule is NCCC1CCCCN1c1c(Cl)cc([N+](=O)[O-])cc1Cl. The molecule has 0 amide bonds. The van der Waals surface area contributed by atoms with Gasteiger partial charge in [0.2, 0.25) is 0 Å². The Bertz CT molecular complexity index is 485. The number of nitro groups is 1. The normalized spacial score (nSPS) is 19.1. The third kappa shape index (κ3) is 3.16. The second-order valence-electron chi connectivity index (χ2n) is 4.94. The second-order valence-corrected chi connectivity index (χ2v) is 5.75. The van der Waals surface area contributed by atoms with Crippen LogP contribution in [0.4, 0.5) is 11.4 Å². The highest BCUT2D eigenvalue weighted by atomic mass is 35.5. The highest BCUT2D eigenvalue weighted by Crippen LogP contribution is 2.40. The van der Waals surface area contributed by atoms with Crippen molar-refractivity contribution in [1.29, 1.82) is 0 Å². The average Bonchev–Trinajstić information content (AvgIpc) is 2.40. The molecule has 1 aromatic carbocycles. The largest absolute Gasteiger partial charge is 0.366 e. The summed E-state index contributed by atoms with van der Waals surface area (Å²) in [6, 6.07) is 3.01. The summed E-state index contributed by atoms with van der Waals surface area (Å²) in [4.78, 5) is 12.5. The van der Waals surface area contributed by atoms with E-state index in [1.807, 2.05) is 0 Å². The van der Waals surface area contributed by atoms with E-state index in [2.05, 4.69) is 4.90 Å². The van der Waals surface area contributed by atoms with Crippen molar-refractivity contribution in [2.45, 2.75) is 31.7 Å². The molecule has 1 unspecified atom stereocenters. The molecule has 0 aliphatic carbocycles. The standard InChI is InChI=1S/C13H17Cl2N3O2/c14-11-7-10(18(19)20)8-12(15)13(11)17-6-2-1-3-9(17)4-5-16/h7-9H,1-6,16H2. The van der Waals surface area contributed by atoms with Crippen LogP contribution in [0.5, 0.6) is 0 Å². The quantitative estimate of drug-likeness (QED) is 0.680. The van der Waals surface area contributed by atoms with Crippen LogP contribution < -0.4 is 10.6 Å². The molecule has 0 spiro atoms. The number of hydrogen-bond acceptors (Lipinski definition) is 4. The summed E-state index contributed by atoms with van der Waals surface area (Å²) >= 11 is 12.4. The van der Waals surface area contributed by atoms with Crippen LogP contribution in [0.3, 0.4) is 0 Å². The highest BCUT2D eigenvalue weighted by molar-refractivity contribution is 6.39. The monoisotopic (exact) mass is 317 g/mol. The van der Waals surface area contributed by atoms with Crippen LogP contribution in [0.25, 0.3) is 0 Å². The summed E-state index contributed by atoms with van der Waals surface area (Å²) in [5, 5.41) is 11.5. The molecular weight excluding hydrogens is 301 g/mol. The summed E-state index contributed by atoms with van der Waals surface area (Å²) < 4.78 is 0. The molecule has 1 aromatic rings. The van der Waals surface area contributed by atoms with Gasteiger partial charge in [0.1, 0.15) is 0 Å². The fourth-order valence-corrected chi connectivity index (χ4v) is 3.41. The molecule has 1 fully saturated rings. The first kappa shape index (κ1) is 15.4. The Labute approximate surface area is 127 Å². The topological polar surface area (TPSA) is 72.4 Å². The molecule has 0 saturated carbocycles. The van der Waals surface area contributed by atoms with Gasteiger partial charge in [-0.25, -0.2) is 0 Å². The van der Waals surface area contributed by atoms with Gasteiger partial charge in [-0.05, 0) is 32.2 Å². The van der Waals surface area contributed by atoms with E-state index in [1.165, 1.54) is 12.1 Å². The van der Waals surface area contributed by atoms with Crippen LogP contribution in [-0.2, 0) is 0 Å². The van der Waals surface area contributed by atoms with Crippen molar-refractivity contribution in [3.63, 3.8) is 0 Å². The lowest BCUT2D eigenvalue weighted by atomic mass is 9.98. The fourth-order valence-electron chi connectivity index (χ4n) is 2.72. The molecule has 2 N–H and O–H groups in total. The van der Waals surface area contributed by atoms with Crippen LogP contribution in [-0.4, -0.2) is 24.1 Å². The summed E-state index contributed by atoms with van der Waals surface area (Å²) in [5.74, 6) is 0. The number of benzene rings is 1. The highest BCUT2D eigenvalue weighted by Gasteiger charge is 2.27. The lowest BCUT2D eigenvalue weighted by Crippen LogP contribution is -2.41. The molecule has 5 nitrogen and oxygen atoms in total. The Morgan fingerprint density at radius 1 is 1.35 bits per heavy atom. The predicted molar refractivity (Wildman–Crippen MR) is 81.8 cm³/mol. The predicted octanol–water partition coefficient (Wildman–Crippen LogP) is 3.61. The van der Waals surface area contributed by atoms with Crippen molar-refractivity contribution in [2.24, 2.45) is 5.73 Å². The average molecular weight is 318 g/mol. The number of anilines is 1. The van der Waals surface area contributed by atoms with Crippen LogP contribution >= 0.6 is 23.2 Å². The van der Waals surface area contributed by atoms with E-state index in [9.17, 15) is 10.1 Å². The van der Waals surface area contributed by atoms with Gasteiger partial charge in [-0.15, -0.1) is 0 Å². The third-order valence-corrected chi connectivity index (χ3v) is 4.20. The minimum absolute atomic E-state index is 0.0869. The first-order valence-electron chi connectivity index (χ1n) is 6.64. The van der Waals surface area contributed by atoms with E-state index in [1.54, 1.807) is 0 Å². The number of nitro benzene ring substituents is 1. The zero-order valence-corrected chi connectivity index (χ0v) is 12.5. The molecule has 1 saturated heterocycles. The van der Waals surface area contributed by atoms with E-state index in [0.29, 0.717) is 28.3 Å². The van der Waals surface area contributed by atoms with Crippen LogP contribution in [0.2, 0.25) is 10.0 Å². The summed E-state index contributed by atoms with van der Waals surface area (Å²) in [6.45, 7) is 1.45. The van der Waals surface area contributed by atoms with E-state index < -0.39 is 4.92 Å². The molecule has 20 heavy (non-hydrogen) atoms. The van der Waals surface area contributed by atoms with E-state index in [4.69, 9.17) is 28.9 Å². The van der Waals surface area contributed by atoms with Gasteiger partial charge < -0.3 is 10.6 Å². The molecule has 0 bridgehead atoms. The number of piperidine rings is 1. The van der Waals surface area contributed by atoms with E-state index >= 15 is 0 Å². The number of hydrogen-bond donors (Lipinski definition) is 1. The minimum atomic E-state index is -0.491. The molecule has 0 aromatic heterocycles. The zero-order chi connectivity index (χ0) is 14.7. The number of non-ortho nitro benzene ring substituents is 1. The van der Waals surface area contributed by atoms with E-state index in [-0.39, 0.29) is 5.69 Å².